The van der Waals surface area contributed by atoms with E-state index in [1.165, 1.54) is 0 Å². The predicted octanol–water partition coefficient (Wildman–Crippen LogP) is 2.19. The first-order valence-electron chi connectivity index (χ1n) is 7.29. The van der Waals surface area contributed by atoms with Crippen molar-refractivity contribution in [3.63, 3.8) is 0 Å². The lowest BCUT2D eigenvalue weighted by Crippen LogP contribution is -2.45. The summed E-state index contributed by atoms with van der Waals surface area (Å²) in [5, 5.41) is 8.39. The van der Waals surface area contributed by atoms with E-state index in [0.29, 0.717) is 6.42 Å². The lowest BCUT2D eigenvalue weighted by atomic mass is 10.1. The molecular formula is C15H20FN3O2S. The number of nitrogens with one attached hydrogen (secondary N) is 1. The Balaban J connectivity index is 1.96. The number of hydrazone groups is 1. The van der Waals surface area contributed by atoms with Gasteiger partial charge in [0.1, 0.15) is 12.3 Å². The second-order valence-corrected chi connectivity index (χ2v) is 9.29. The molecular weight excluding hydrogens is 305 g/mol. The molecule has 22 heavy (non-hydrogen) atoms. The Morgan fingerprint density at radius 2 is 1.91 bits per heavy atom. The Morgan fingerprint density at radius 3 is 2.50 bits per heavy atom. The zero-order valence-electron chi connectivity index (χ0n) is 12.8. The van der Waals surface area contributed by atoms with Crippen LogP contribution in [0.2, 0.25) is 0 Å². The Morgan fingerprint density at radius 1 is 1.27 bits per heavy atom. The standard InChI is InChI=1S/C15H20FN3O2S/c1-15(2,3)22(20,21)14-17-13-11(16)9-12(19(13)18-14)10-7-5-4-6-8-10/h4-8,11-13H,9H2,1-3H3,(H,17,18)/t11-,12-,13?/m0/s1. The smallest absolute Gasteiger partial charge is 0.241 e. The predicted molar refractivity (Wildman–Crippen MR) is 83.6 cm³/mol. The fourth-order valence-corrected chi connectivity index (χ4v) is 3.80. The van der Waals surface area contributed by atoms with Crippen molar-refractivity contribution in [2.75, 3.05) is 0 Å². The molecule has 1 unspecified atom stereocenters. The van der Waals surface area contributed by atoms with Crippen LogP contribution in [0.5, 0.6) is 0 Å². The molecule has 2 heterocycles. The van der Waals surface area contributed by atoms with Gasteiger partial charge in [0.15, 0.2) is 0 Å². The van der Waals surface area contributed by atoms with Crippen LogP contribution >= 0.6 is 0 Å². The third-order valence-corrected chi connectivity index (χ3v) is 6.44. The molecule has 2 aliphatic heterocycles. The van der Waals surface area contributed by atoms with Crippen LogP contribution in [0.4, 0.5) is 4.39 Å². The normalized spacial score (nSPS) is 28.3. The molecule has 0 aliphatic carbocycles. The van der Waals surface area contributed by atoms with Crippen LogP contribution in [-0.2, 0) is 9.84 Å². The lowest BCUT2D eigenvalue weighted by molar-refractivity contribution is 0.180. The Hall–Kier alpha value is -1.63. The van der Waals surface area contributed by atoms with Gasteiger partial charge in [-0.2, -0.15) is 0 Å². The van der Waals surface area contributed by atoms with Crippen molar-refractivity contribution in [2.24, 2.45) is 5.10 Å². The Kier molecular flexibility index (Phi) is 3.43. The molecule has 0 radical (unpaired) electrons. The van der Waals surface area contributed by atoms with Gasteiger partial charge in [0.05, 0.1) is 10.8 Å². The number of nitrogens with zero attached hydrogens (tertiary/aromatic N) is 2. The van der Waals surface area contributed by atoms with E-state index < -0.39 is 26.9 Å². The number of benzene rings is 1. The topological polar surface area (TPSA) is 61.8 Å². The van der Waals surface area contributed by atoms with E-state index in [2.05, 4.69) is 10.4 Å². The maximum Gasteiger partial charge on any atom is 0.241 e. The van der Waals surface area contributed by atoms with Gasteiger partial charge in [0, 0.05) is 6.42 Å². The number of fused-ring (bicyclic) bond motifs is 1. The lowest BCUT2D eigenvalue weighted by Gasteiger charge is -2.21. The minimum atomic E-state index is -3.62. The first-order chi connectivity index (χ1) is 10.2. The van der Waals surface area contributed by atoms with Crippen LogP contribution in [0.3, 0.4) is 0 Å². The maximum atomic E-state index is 14.3. The maximum absolute atomic E-state index is 14.3. The zero-order valence-corrected chi connectivity index (χ0v) is 13.6. The molecule has 5 nitrogen and oxygen atoms in total. The molecule has 0 aromatic heterocycles. The van der Waals surface area contributed by atoms with Gasteiger partial charge >= 0.3 is 0 Å². The van der Waals surface area contributed by atoms with E-state index in [-0.39, 0.29) is 11.2 Å². The summed E-state index contributed by atoms with van der Waals surface area (Å²) >= 11 is 0. The number of alkyl halides is 1. The molecule has 0 saturated carbocycles. The van der Waals surface area contributed by atoms with Crippen LogP contribution in [0.1, 0.15) is 38.8 Å². The first kappa shape index (κ1) is 15.3. The van der Waals surface area contributed by atoms with Gasteiger partial charge in [-0.25, -0.2) is 12.8 Å². The van der Waals surface area contributed by atoms with Gasteiger partial charge in [0.2, 0.25) is 15.0 Å². The molecule has 1 saturated heterocycles. The molecule has 2 aliphatic rings. The summed E-state index contributed by atoms with van der Waals surface area (Å²) in [6.45, 7) is 4.83. The van der Waals surface area contributed by atoms with Crippen molar-refractivity contribution in [3.05, 3.63) is 35.9 Å². The highest BCUT2D eigenvalue weighted by Crippen LogP contribution is 2.40. The van der Waals surface area contributed by atoms with Gasteiger partial charge in [-0.1, -0.05) is 30.3 Å². The molecule has 1 aromatic carbocycles. The van der Waals surface area contributed by atoms with Crippen molar-refractivity contribution in [3.8, 4) is 0 Å². The summed E-state index contributed by atoms with van der Waals surface area (Å²) in [5.41, 5.74) is 0.938. The molecule has 1 N–H and O–H groups in total. The molecule has 120 valence electrons. The average molecular weight is 325 g/mol. The van der Waals surface area contributed by atoms with E-state index in [0.717, 1.165) is 5.56 Å². The number of hydrogen-bond acceptors (Lipinski definition) is 5. The van der Waals surface area contributed by atoms with Gasteiger partial charge in [-0.05, 0) is 26.3 Å². The number of amidine groups is 1. The zero-order chi connectivity index (χ0) is 16.1. The summed E-state index contributed by atoms with van der Waals surface area (Å²) in [6, 6.07) is 9.23. The van der Waals surface area contributed by atoms with E-state index in [1.807, 2.05) is 30.3 Å². The highest BCUT2D eigenvalue weighted by atomic mass is 32.2. The molecule has 0 bridgehead atoms. The van der Waals surface area contributed by atoms with Crippen LogP contribution in [-0.4, -0.2) is 35.7 Å². The second kappa shape index (κ2) is 4.94. The molecule has 7 heteroatoms. The van der Waals surface area contributed by atoms with Crippen molar-refractivity contribution in [1.29, 1.82) is 0 Å². The van der Waals surface area contributed by atoms with E-state index in [4.69, 9.17) is 0 Å². The molecule has 0 amide bonds. The van der Waals surface area contributed by atoms with Gasteiger partial charge in [-0.15, -0.1) is 5.10 Å². The Bertz CT molecular complexity index is 697. The minimum Gasteiger partial charge on any atom is -0.335 e. The van der Waals surface area contributed by atoms with Crippen LogP contribution < -0.4 is 5.32 Å². The number of sulfone groups is 1. The summed E-state index contributed by atoms with van der Waals surface area (Å²) in [4.78, 5) is 0. The van der Waals surface area contributed by atoms with Gasteiger partial charge in [-0.3, -0.25) is 5.01 Å². The molecule has 0 spiro atoms. The van der Waals surface area contributed by atoms with Crippen molar-refractivity contribution < 1.29 is 12.8 Å². The third-order valence-electron chi connectivity index (χ3n) is 4.12. The quantitative estimate of drug-likeness (QED) is 0.860. The van der Waals surface area contributed by atoms with Crippen LogP contribution in [0.25, 0.3) is 0 Å². The average Bonchev–Trinajstić information content (AvgIpc) is 3.00. The van der Waals surface area contributed by atoms with Gasteiger partial charge in [0.25, 0.3) is 0 Å². The summed E-state index contributed by atoms with van der Waals surface area (Å²) in [6.07, 6.45) is -1.58. The summed E-state index contributed by atoms with van der Waals surface area (Å²) in [7, 11) is -3.62. The van der Waals surface area contributed by atoms with Crippen molar-refractivity contribution in [2.45, 2.75) is 50.3 Å². The number of halogens is 1. The monoisotopic (exact) mass is 325 g/mol. The van der Waals surface area contributed by atoms with E-state index in [9.17, 15) is 12.8 Å². The number of rotatable bonds is 1. The number of hydrogen-bond donors (Lipinski definition) is 1. The summed E-state index contributed by atoms with van der Waals surface area (Å²) in [5.74, 6) is 0. The SMILES string of the molecule is CC(C)(C)S(=O)(=O)C1=NN2C(N1)[C@@H](F)C[C@H]2c1ccccc1. The molecule has 3 rings (SSSR count). The molecule has 1 fully saturated rings. The fourth-order valence-electron chi connectivity index (χ4n) is 2.74. The van der Waals surface area contributed by atoms with Crippen LogP contribution in [0.15, 0.2) is 35.4 Å². The van der Waals surface area contributed by atoms with Gasteiger partial charge < -0.3 is 5.32 Å². The second-order valence-electron chi connectivity index (χ2n) is 6.67. The molecule has 3 atom stereocenters. The Labute approximate surface area is 130 Å². The minimum absolute atomic E-state index is 0.131. The summed E-state index contributed by atoms with van der Waals surface area (Å²) < 4.78 is 38.3. The fraction of sp³-hybridized carbons (Fsp3) is 0.533. The van der Waals surface area contributed by atoms with E-state index >= 15 is 0 Å². The van der Waals surface area contributed by atoms with Crippen molar-refractivity contribution in [1.82, 2.24) is 10.3 Å². The van der Waals surface area contributed by atoms with E-state index in [1.54, 1.807) is 25.8 Å². The third kappa shape index (κ3) is 2.27. The van der Waals surface area contributed by atoms with Crippen LogP contribution in [0, 0.1) is 0 Å². The van der Waals surface area contributed by atoms with Crippen molar-refractivity contribution >= 4 is 15.0 Å². The molecule has 1 aromatic rings. The highest BCUT2D eigenvalue weighted by molar-refractivity contribution is 8.07. The first-order valence-corrected chi connectivity index (χ1v) is 8.77. The largest absolute Gasteiger partial charge is 0.335 e. The highest BCUT2D eigenvalue weighted by Gasteiger charge is 2.49.